The van der Waals surface area contributed by atoms with Crippen molar-refractivity contribution in [2.75, 3.05) is 0 Å². The number of hydrogen-bond acceptors (Lipinski definition) is 5. The molecule has 5 nitrogen and oxygen atoms in total. The normalized spacial score (nSPS) is 46.6. The first kappa shape index (κ1) is 13.2. The van der Waals surface area contributed by atoms with E-state index in [0.717, 1.165) is 5.56 Å². The molecule has 22 heavy (non-hydrogen) atoms. The summed E-state index contributed by atoms with van der Waals surface area (Å²) in [5.74, 6) is -0.481. The molecule has 4 unspecified atom stereocenters. The predicted molar refractivity (Wildman–Crippen MR) is 74.7 cm³/mol. The van der Waals surface area contributed by atoms with Gasteiger partial charge in [0.2, 0.25) is 0 Å². The van der Waals surface area contributed by atoms with Crippen molar-refractivity contribution in [3.8, 4) is 0 Å². The Balaban J connectivity index is 1.45. The van der Waals surface area contributed by atoms with Gasteiger partial charge in [0, 0.05) is 12.3 Å². The molecule has 4 fully saturated rings. The van der Waals surface area contributed by atoms with Crippen LogP contribution in [0.4, 0.5) is 0 Å². The minimum absolute atomic E-state index is 0.106. The maximum atomic E-state index is 12.2. The fourth-order valence-corrected chi connectivity index (χ4v) is 4.44. The summed E-state index contributed by atoms with van der Waals surface area (Å²) in [5.41, 5.74) is -0.404. The molecule has 2 saturated carbocycles. The quantitative estimate of drug-likeness (QED) is 0.852. The summed E-state index contributed by atoms with van der Waals surface area (Å²) in [6.07, 6.45) is -0.323. The fourth-order valence-electron chi connectivity index (χ4n) is 4.44. The van der Waals surface area contributed by atoms with Crippen LogP contribution in [0, 0.1) is 5.92 Å². The minimum atomic E-state index is -0.812. The molecule has 2 aliphatic carbocycles. The van der Waals surface area contributed by atoms with Gasteiger partial charge in [-0.25, -0.2) is 0 Å². The molecule has 4 aliphatic rings. The van der Waals surface area contributed by atoms with Gasteiger partial charge in [-0.2, -0.15) is 0 Å². The van der Waals surface area contributed by atoms with Gasteiger partial charge in [-0.1, -0.05) is 30.3 Å². The van der Waals surface area contributed by atoms with Crippen LogP contribution in [0.15, 0.2) is 30.3 Å². The summed E-state index contributed by atoms with van der Waals surface area (Å²) in [6, 6.07) is 9.95. The number of hydrogen-bond donors (Lipinski definition) is 0. The van der Waals surface area contributed by atoms with E-state index in [2.05, 4.69) is 0 Å². The Bertz CT molecular complexity index is 656. The van der Waals surface area contributed by atoms with E-state index >= 15 is 0 Å². The third kappa shape index (κ3) is 1.32. The molecule has 0 amide bonds. The Morgan fingerprint density at radius 2 is 1.95 bits per heavy atom. The van der Waals surface area contributed by atoms with Gasteiger partial charge in [0.05, 0.1) is 6.61 Å². The van der Waals surface area contributed by atoms with E-state index in [1.165, 1.54) is 0 Å². The Morgan fingerprint density at radius 3 is 2.68 bits per heavy atom. The third-order valence-electron chi connectivity index (χ3n) is 5.41. The SMILES string of the molecule is CC1(C)OC2O[C@]34C(=O)CC3C4(OCc3ccccc3)C2O1. The standard InChI is InChI=1S/C17H18O5/c1-15(2)20-13-14(21-15)22-16-11(8-12(16)18)17(13,16)19-9-10-6-4-3-5-7-10/h3-7,11,13-14H,8-9H2,1-2H3/t11?,13?,14?,16-,17?/m0/s1. The number of rotatable bonds is 3. The number of benzene rings is 1. The first-order valence-electron chi connectivity index (χ1n) is 7.74. The molecule has 2 saturated heterocycles. The Hall–Kier alpha value is -1.27. The highest BCUT2D eigenvalue weighted by Crippen LogP contribution is 2.77. The summed E-state index contributed by atoms with van der Waals surface area (Å²) in [6.45, 7) is 4.17. The first-order chi connectivity index (χ1) is 10.5. The molecular formula is C17H18O5. The second-order valence-corrected chi connectivity index (χ2v) is 7.03. The summed E-state index contributed by atoms with van der Waals surface area (Å²) < 4.78 is 24.0. The van der Waals surface area contributed by atoms with Crippen molar-refractivity contribution in [2.24, 2.45) is 5.92 Å². The van der Waals surface area contributed by atoms with Gasteiger partial charge < -0.3 is 18.9 Å². The monoisotopic (exact) mass is 302 g/mol. The van der Waals surface area contributed by atoms with Crippen molar-refractivity contribution in [2.45, 2.75) is 56.3 Å². The maximum Gasteiger partial charge on any atom is 0.191 e. The van der Waals surface area contributed by atoms with Crippen LogP contribution in [-0.2, 0) is 30.3 Å². The Labute approximate surface area is 128 Å². The van der Waals surface area contributed by atoms with Crippen LogP contribution in [0.25, 0.3) is 0 Å². The Morgan fingerprint density at radius 1 is 1.18 bits per heavy atom. The number of Topliss-reactive ketones (excluding diaryl/α,β-unsaturated/α-hetero) is 1. The van der Waals surface area contributed by atoms with Crippen LogP contribution in [0.1, 0.15) is 25.8 Å². The summed E-state index contributed by atoms with van der Waals surface area (Å²) in [7, 11) is 0. The number of carbonyl (C=O) groups excluding carboxylic acids is 1. The van der Waals surface area contributed by atoms with E-state index in [1.807, 2.05) is 44.2 Å². The smallest absolute Gasteiger partial charge is 0.191 e. The molecule has 2 aliphatic heterocycles. The van der Waals surface area contributed by atoms with Crippen molar-refractivity contribution in [3.63, 3.8) is 0 Å². The lowest BCUT2D eigenvalue weighted by molar-refractivity contribution is -0.222. The van der Waals surface area contributed by atoms with E-state index in [9.17, 15) is 4.79 Å². The molecule has 0 radical (unpaired) electrons. The first-order valence-corrected chi connectivity index (χ1v) is 7.74. The topological polar surface area (TPSA) is 54.0 Å². The van der Waals surface area contributed by atoms with Crippen LogP contribution in [0.2, 0.25) is 0 Å². The molecule has 5 rings (SSSR count). The summed E-state index contributed by atoms with van der Waals surface area (Å²) in [5, 5.41) is 0. The number of ketones is 1. The van der Waals surface area contributed by atoms with Gasteiger partial charge in [-0.15, -0.1) is 0 Å². The molecule has 0 aromatic heterocycles. The van der Waals surface area contributed by atoms with Crippen LogP contribution >= 0.6 is 0 Å². The second kappa shape index (κ2) is 3.79. The van der Waals surface area contributed by atoms with Crippen molar-refractivity contribution in [1.29, 1.82) is 0 Å². The number of ether oxygens (including phenoxy) is 4. The lowest BCUT2D eigenvalue weighted by Gasteiger charge is -2.25. The highest BCUT2D eigenvalue weighted by molar-refractivity contribution is 6.03. The molecule has 1 aromatic rings. The van der Waals surface area contributed by atoms with Gasteiger partial charge in [0.15, 0.2) is 23.5 Å². The van der Waals surface area contributed by atoms with Gasteiger partial charge in [0.1, 0.15) is 11.7 Å². The molecule has 5 atom stereocenters. The van der Waals surface area contributed by atoms with Crippen molar-refractivity contribution in [1.82, 2.24) is 0 Å². The zero-order valence-electron chi connectivity index (χ0n) is 12.6. The molecule has 1 spiro atoms. The average molecular weight is 302 g/mol. The van der Waals surface area contributed by atoms with Gasteiger partial charge in [0.25, 0.3) is 0 Å². The molecular weight excluding hydrogens is 284 g/mol. The molecule has 5 heteroatoms. The number of fused-ring (bicyclic) bond motifs is 3. The average Bonchev–Trinajstić information content (AvgIpc) is 2.71. The van der Waals surface area contributed by atoms with Crippen molar-refractivity contribution in [3.05, 3.63) is 35.9 Å². The van der Waals surface area contributed by atoms with Gasteiger partial charge in [-0.3, -0.25) is 4.79 Å². The van der Waals surface area contributed by atoms with Crippen LogP contribution < -0.4 is 0 Å². The predicted octanol–water partition coefficient (Wildman–Crippen LogP) is 1.79. The zero-order chi connectivity index (χ0) is 15.2. The van der Waals surface area contributed by atoms with E-state index in [-0.39, 0.29) is 17.8 Å². The molecule has 1 aromatic carbocycles. The number of carbonyl (C=O) groups is 1. The van der Waals surface area contributed by atoms with E-state index in [1.54, 1.807) is 0 Å². The van der Waals surface area contributed by atoms with Crippen molar-refractivity contribution >= 4 is 5.78 Å². The largest absolute Gasteiger partial charge is 0.363 e. The van der Waals surface area contributed by atoms with Gasteiger partial charge in [-0.05, 0) is 19.4 Å². The molecule has 0 bridgehead atoms. The van der Waals surface area contributed by atoms with Crippen LogP contribution in [0.3, 0.4) is 0 Å². The van der Waals surface area contributed by atoms with Crippen LogP contribution in [0.5, 0.6) is 0 Å². The summed E-state index contributed by atoms with van der Waals surface area (Å²) in [4.78, 5) is 12.2. The zero-order valence-corrected chi connectivity index (χ0v) is 12.6. The lowest BCUT2D eigenvalue weighted by atomic mass is 9.94. The maximum absolute atomic E-state index is 12.2. The third-order valence-corrected chi connectivity index (χ3v) is 5.41. The molecule has 116 valence electrons. The van der Waals surface area contributed by atoms with E-state index < -0.39 is 23.3 Å². The fraction of sp³-hybridized carbons (Fsp3) is 0.588. The molecule has 2 heterocycles. The molecule has 0 N–H and O–H groups in total. The van der Waals surface area contributed by atoms with Crippen LogP contribution in [-0.4, -0.2) is 35.2 Å². The highest BCUT2D eigenvalue weighted by Gasteiger charge is 2.98. The second-order valence-electron chi connectivity index (χ2n) is 7.03. The van der Waals surface area contributed by atoms with Crippen molar-refractivity contribution < 1.29 is 23.7 Å². The highest BCUT2D eigenvalue weighted by atomic mass is 16.9. The van der Waals surface area contributed by atoms with E-state index in [4.69, 9.17) is 18.9 Å². The lowest BCUT2D eigenvalue weighted by Crippen LogP contribution is -2.41. The summed E-state index contributed by atoms with van der Waals surface area (Å²) >= 11 is 0. The van der Waals surface area contributed by atoms with E-state index in [0.29, 0.717) is 13.0 Å². The Kier molecular flexibility index (Phi) is 2.27. The minimum Gasteiger partial charge on any atom is -0.363 e. The van der Waals surface area contributed by atoms with Gasteiger partial charge >= 0.3 is 0 Å².